The maximum Gasteiger partial charge on any atom is 0.162 e. The minimum Gasteiger partial charge on any atom is -0.493 e. The lowest BCUT2D eigenvalue weighted by molar-refractivity contribution is 0.363. The average Bonchev–Trinajstić information content (AvgIpc) is 2.88. The van der Waals surface area contributed by atoms with Crippen LogP contribution in [-0.2, 0) is 6.54 Å². The highest BCUT2D eigenvalue weighted by Crippen LogP contribution is 2.26. The number of aromatic nitrogens is 4. The van der Waals surface area contributed by atoms with Crippen LogP contribution in [0, 0.1) is 0 Å². The molecule has 2 N–H and O–H groups in total. The van der Waals surface area contributed by atoms with Gasteiger partial charge in [-0.15, -0.1) is 0 Å². The Balaban J connectivity index is 2.30. The van der Waals surface area contributed by atoms with Crippen LogP contribution in [0.15, 0.2) is 24.7 Å². The van der Waals surface area contributed by atoms with Gasteiger partial charge in [0.05, 0.1) is 19.9 Å². The minimum absolute atomic E-state index is 0.462. The molecule has 0 amide bonds. The second kappa shape index (κ2) is 6.44. The standard InChI is InChI=1S/C13H20N6O/c1-18(2)7-8-19-12(10(20-3)9-17-19)11(14)13-15-5-4-6-16-13/h4-6,9,11H,7-8,14H2,1-3H3. The maximum atomic E-state index is 6.26. The predicted octanol–water partition coefficient (Wildman–Crippen LogP) is 0.291. The number of likely N-dealkylation sites (N-methyl/N-ethyl adjacent to an activating group) is 1. The lowest BCUT2D eigenvalue weighted by Gasteiger charge is -2.16. The molecule has 0 fully saturated rings. The molecule has 7 heteroatoms. The molecular formula is C13H20N6O. The number of hydrogen-bond donors (Lipinski definition) is 1. The molecular weight excluding hydrogens is 256 g/mol. The van der Waals surface area contributed by atoms with Gasteiger partial charge in [-0.05, 0) is 20.2 Å². The summed E-state index contributed by atoms with van der Waals surface area (Å²) in [4.78, 5) is 10.5. The van der Waals surface area contributed by atoms with Gasteiger partial charge in [0.25, 0.3) is 0 Å². The zero-order valence-electron chi connectivity index (χ0n) is 12.0. The van der Waals surface area contributed by atoms with Crippen molar-refractivity contribution in [2.24, 2.45) is 5.73 Å². The molecule has 0 aliphatic rings. The van der Waals surface area contributed by atoms with E-state index in [0.717, 1.165) is 18.8 Å². The molecule has 0 aliphatic carbocycles. The zero-order chi connectivity index (χ0) is 14.5. The highest BCUT2D eigenvalue weighted by atomic mass is 16.5. The van der Waals surface area contributed by atoms with Crippen LogP contribution in [0.4, 0.5) is 0 Å². The van der Waals surface area contributed by atoms with Crippen molar-refractivity contribution in [2.75, 3.05) is 27.7 Å². The molecule has 7 nitrogen and oxygen atoms in total. The molecule has 0 spiro atoms. The van der Waals surface area contributed by atoms with E-state index in [4.69, 9.17) is 10.5 Å². The second-order valence-corrected chi connectivity index (χ2v) is 4.71. The van der Waals surface area contributed by atoms with Gasteiger partial charge in [0, 0.05) is 18.9 Å². The fourth-order valence-corrected chi connectivity index (χ4v) is 1.92. The monoisotopic (exact) mass is 276 g/mol. The van der Waals surface area contributed by atoms with E-state index < -0.39 is 6.04 Å². The van der Waals surface area contributed by atoms with Gasteiger partial charge in [-0.25, -0.2) is 9.97 Å². The number of ether oxygens (including phenoxy) is 1. The van der Waals surface area contributed by atoms with E-state index in [1.54, 1.807) is 31.8 Å². The largest absolute Gasteiger partial charge is 0.493 e. The molecule has 20 heavy (non-hydrogen) atoms. The SMILES string of the molecule is COc1cnn(CCN(C)C)c1C(N)c1ncccn1. The summed E-state index contributed by atoms with van der Waals surface area (Å²) in [6, 6.07) is 1.30. The van der Waals surface area contributed by atoms with Gasteiger partial charge in [0.2, 0.25) is 0 Å². The van der Waals surface area contributed by atoms with Crippen molar-refractivity contribution in [1.82, 2.24) is 24.6 Å². The van der Waals surface area contributed by atoms with Crippen LogP contribution in [0.3, 0.4) is 0 Å². The molecule has 2 aromatic heterocycles. The van der Waals surface area contributed by atoms with Crippen LogP contribution in [0.2, 0.25) is 0 Å². The quantitative estimate of drug-likeness (QED) is 0.816. The number of nitrogens with zero attached hydrogens (tertiary/aromatic N) is 5. The Labute approximate surface area is 118 Å². The number of hydrogen-bond acceptors (Lipinski definition) is 6. The number of methoxy groups -OCH3 is 1. The van der Waals surface area contributed by atoms with Gasteiger partial charge in [0.1, 0.15) is 11.7 Å². The van der Waals surface area contributed by atoms with Gasteiger partial charge in [0.15, 0.2) is 11.6 Å². The third kappa shape index (κ3) is 3.12. The molecule has 2 aromatic rings. The van der Waals surface area contributed by atoms with Gasteiger partial charge in [-0.3, -0.25) is 4.68 Å². The summed E-state index contributed by atoms with van der Waals surface area (Å²) in [5.74, 6) is 1.21. The molecule has 0 saturated carbocycles. The Hall–Kier alpha value is -1.99. The van der Waals surface area contributed by atoms with Crippen LogP contribution in [0.1, 0.15) is 17.6 Å². The molecule has 0 saturated heterocycles. The third-order valence-corrected chi connectivity index (χ3v) is 2.98. The zero-order valence-corrected chi connectivity index (χ0v) is 12.0. The van der Waals surface area contributed by atoms with Crippen molar-refractivity contribution in [2.45, 2.75) is 12.6 Å². The maximum absolute atomic E-state index is 6.26. The summed E-state index contributed by atoms with van der Waals surface area (Å²) in [6.45, 7) is 1.59. The minimum atomic E-state index is -0.462. The molecule has 2 rings (SSSR count). The van der Waals surface area contributed by atoms with E-state index in [-0.39, 0.29) is 0 Å². The van der Waals surface area contributed by atoms with E-state index in [1.165, 1.54) is 0 Å². The van der Waals surface area contributed by atoms with Crippen molar-refractivity contribution in [3.05, 3.63) is 36.2 Å². The van der Waals surface area contributed by atoms with E-state index >= 15 is 0 Å². The van der Waals surface area contributed by atoms with E-state index in [0.29, 0.717) is 11.6 Å². The van der Waals surface area contributed by atoms with Gasteiger partial charge in [-0.2, -0.15) is 5.10 Å². The van der Waals surface area contributed by atoms with E-state index in [2.05, 4.69) is 20.0 Å². The van der Waals surface area contributed by atoms with Gasteiger partial charge in [-0.1, -0.05) is 0 Å². The van der Waals surface area contributed by atoms with Crippen molar-refractivity contribution in [3.63, 3.8) is 0 Å². The highest BCUT2D eigenvalue weighted by molar-refractivity contribution is 5.31. The van der Waals surface area contributed by atoms with Crippen LogP contribution in [0.25, 0.3) is 0 Å². The first-order chi connectivity index (χ1) is 9.63. The summed E-state index contributed by atoms with van der Waals surface area (Å²) < 4.78 is 7.19. The fraction of sp³-hybridized carbons (Fsp3) is 0.462. The predicted molar refractivity (Wildman–Crippen MR) is 75.4 cm³/mol. The fourth-order valence-electron chi connectivity index (χ4n) is 1.92. The normalized spacial score (nSPS) is 12.7. The van der Waals surface area contributed by atoms with E-state index in [1.807, 2.05) is 18.8 Å². The average molecular weight is 276 g/mol. The first kappa shape index (κ1) is 14.4. The summed E-state index contributed by atoms with van der Waals surface area (Å²) in [7, 11) is 5.64. The van der Waals surface area contributed by atoms with Gasteiger partial charge >= 0.3 is 0 Å². The summed E-state index contributed by atoms with van der Waals surface area (Å²) in [5, 5.41) is 4.33. The Morgan fingerprint density at radius 1 is 1.35 bits per heavy atom. The van der Waals surface area contributed by atoms with Crippen LogP contribution in [0.5, 0.6) is 5.75 Å². The molecule has 1 atom stereocenters. The molecule has 0 aromatic carbocycles. The molecule has 0 bridgehead atoms. The van der Waals surface area contributed by atoms with Crippen LogP contribution < -0.4 is 10.5 Å². The van der Waals surface area contributed by atoms with E-state index in [9.17, 15) is 0 Å². The Morgan fingerprint density at radius 2 is 2.05 bits per heavy atom. The third-order valence-electron chi connectivity index (χ3n) is 2.98. The van der Waals surface area contributed by atoms with Crippen molar-refractivity contribution >= 4 is 0 Å². The number of rotatable bonds is 6. The van der Waals surface area contributed by atoms with Crippen molar-refractivity contribution < 1.29 is 4.74 Å². The van der Waals surface area contributed by atoms with Gasteiger partial charge < -0.3 is 15.4 Å². The summed E-state index contributed by atoms with van der Waals surface area (Å²) in [5.41, 5.74) is 7.06. The lowest BCUT2D eigenvalue weighted by atomic mass is 10.2. The molecule has 108 valence electrons. The number of nitrogens with two attached hydrogens (primary N) is 1. The second-order valence-electron chi connectivity index (χ2n) is 4.71. The first-order valence-electron chi connectivity index (χ1n) is 6.40. The van der Waals surface area contributed by atoms with Crippen LogP contribution in [-0.4, -0.2) is 52.4 Å². The smallest absolute Gasteiger partial charge is 0.162 e. The molecule has 1 unspecified atom stereocenters. The highest BCUT2D eigenvalue weighted by Gasteiger charge is 2.22. The Morgan fingerprint density at radius 3 is 2.65 bits per heavy atom. The molecule has 2 heterocycles. The lowest BCUT2D eigenvalue weighted by Crippen LogP contribution is -2.24. The summed E-state index contributed by atoms with van der Waals surface area (Å²) >= 11 is 0. The first-order valence-corrected chi connectivity index (χ1v) is 6.40. The Kier molecular flexibility index (Phi) is 4.65. The van der Waals surface area contributed by atoms with Crippen LogP contribution >= 0.6 is 0 Å². The Bertz CT molecular complexity index is 539. The molecule has 0 aliphatic heterocycles. The van der Waals surface area contributed by atoms with Crippen molar-refractivity contribution in [3.8, 4) is 5.75 Å². The van der Waals surface area contributed by atoms with Crippen molar-refractivity contribution in [1.29, 1.82) is 0 Å². The molecule has 0 radical (unpaired) electrons. The summed E-state index contributed by atoms with van der Waals surface area (Å²) in [6.07, 6.45) is 5.03. The topological polar surface area (TPSA) is 82.1 Å².